The molecule has 6 heteroatoms. The van der Waals surface area contributed by atoms with Gasteiger partial charge in [0.05, 0.1) is 5.02 Å². The number of piperazine rings is 1. The van der Waals surface area contributed by atoms with Crippen LogP contribution in [0.25, 0.3) is 0 Å². The van der Waals surface area contributed by atoms with E-state index in [0.29, 0.717) is 0 Å². The molecule has 1 fully saturated rings. The van der Waals surface area contributed by atoms with Crippen LogP contribution >= 0.6 is 46.6 Å². The molecule has 0 N–H and O–H groups in total. The van der Waals surface area contributed by atoms with Gasteiger partial charge in [0.1, 0.15) is 0 Å². The predicted molar refractivity (Wildman–Crippen MR) is 131 cm³/mol. The first kappa shape index (κ1) is 21.9. The van der Waals surface area contributed by atoms with Crippen molar-refractivity contribution >= 4 is 52.3 Å². The molecule has 0 radical (unpaired) electrons. The van der Waals surface area contributed by atoms with Gasteiger partial charge in [-0.25, -0.2) is 0 Å². The zero-order valence-corrected chi connectivity index (χ0v) is 19.8. The molecule has 0 saturated carbocycles. The van der Waals surface area contributed by atoms with Gasteiger partial charge in [0.25, 0.3) is 0 Å². The van der Waals surface area contributed by atoms with Crippen molar-refractivity contribution in [1.82, 2.24) is 4.90 Å². The third-order valence-corrected chi connectivity index (χ3v) is 7.59. The Hall–Kier alpha value is -1.36. The zero-order chi connectivity index (χ0) is 21.1. The summed E-state index contributed by atoms with van der Waals surface area (Å²) in [6.07, 6.45) is 0. The van der Waals surface area contributed by atoms with E-state index in [4.69, 9.17) is 34.8 Å². The van der Waals surface area contributed by atoms with E-state index in [1.54, 1.807) is 11.8 Å². The van der Waals surface area contributed by atoms with Gasteiger partial charge in [-0.2, -0.15) is 0 Å². The lowest BCUT2D eigenvalue weighted by atomic mass is 10.1. The summed E-state index contributed by atoms with van der Waals surface area (Å²) in [6.45, 7) is 6.17. The molecule has 3 aromatic carbocycles. The molecule has 1 aliphatic rings. The number of hydrogen-bond acceptors (Lipinski definition) is 3. The molecule has 30 heavy (non-hydrogen) atoms. The lowest BCUT2D eigenvalue weighted by Gasteiger charge is -2.39. The summed E-state index contributed by atoms with van der Waals surface area (Å²) < 4.78 is 0. The van der Waals surface area contributed by atoms with E-state index in [2.05, 4.69) is 41.0 Å². The Bertz CT molecular complexity index is 1020. The van der Waals surface area contributed by atoms with Gasteiger partial charge >= 0.3 is 0 Å². The fourth-order valence-corrected chi connectivity index (χ4v) is 5.47. The topological polar surface area (TPSA) is 6.48 Å². The maximum Gasteiger partial charge on any atom is 0.0545 e. The summed E-state index contributed by atoms with van der Waals surface area (Å²) >= 11 is 20.6. The molecule has 0 aliphatic carbocycles. The second-order valence-electron chi connectivity index (χ2n) is 7.39. The smallest absolute Gasteiger partial charge is 0.0545 e. The molecule has 4 rings (SSSR count). The standard InChI is InChI=1S/C24H23Cl3N2S/c1-17(28-11-13-29(14-12-28)20-6-4-5-18(25)15-20)21-16-19(26)9-10-23(21)30-24-8-3-2-7-22(24)27/h2-10,15-17H,11-14H2,1H3. The van der Waals surface area contributed by atoms with Crippen LogP contribution in [0.2, 0.25) is 15.1 Å². The summed E-state index contributed by atoms with van der Waals surface area (Å²) in [5, 5.41) is 2.31. The van der Waals surface area contributed by atoms with Crippen LogP contribution in [0, 0.1) is 0 Å². The SMILES string of the molecule is CC(c1cc(Cl)ccc1Sc1ccccc1Cl)N1CCN(c2cccc(Cl)c2)CC1. The third-order valence-electron chi connectivity index (χ3n) is 5.51. The number of anilines is 1. The van der Waals surface area contributed by atoms with Crippen LogP contribution in [-0.4, -0.2) is 31.1 Å². The molecule has 3 aromatic rings. The normalized spacial score (nSPS) is 15.9. The first-order valence-corrected chi connectivity index (χ1v) is 11.9. The van der Waals surface area contributed by atoms with Crippen LogP contribution in [0.4, 0.5) is 5.69 Å². The van der Waals surface area contributed by atoms with Gasteiger partial charge in [-0.15, -0.1) is 0 Å². The van der Waals surface area contributed by atoms with Crippen LogP contribution in [0.3, 0.4) is 0 Å². The number of halogens is 3. The molecule has 2 nitrogen and oxygen atoms in total. The molecule has 0 aromatic heterocycles. The average molecular weight is 478 g/mol. The monoisotopic (exact) mass is 476 g/mol. The van der Waals surface area contributed by atoms with Crippen molar-refractivity contribution in [1.29, 1.82) is 0 Å². The van der Waals surface area contributed by atoms with E-state index in [0.717, 1.165) is 46.1 Å². The molecule has 0 spiro atoms. The van der Waals surface area contributed by atoms with Crippen LogP contribution in [0.5, 0.6) is 0 Å². The molecule has 156 valence electrons. The Morgan fingerprint density at radius 1 is 0.767 bits per heavy atom. The van der Waals surface area contributed by atoms with E-state index >= 15 is 0 Å². The maximum atomic E-state index is 6.40. The molecular weight excluding hydrogens is 455 g/mol. The Labute approximate surface area is 197 Å². The first-order valence-electron chi connectivity index (χ1n) is 9.97. The van der Waals surface area contributed by atoms with E-state index in [-0.39, 0.29) is 6.04 Å². The average Bonchev–Trinajstić information content (AvgIpc) is 2.76. The minimum Gasteiger partial charge on any atom is -0.369 e. The van der Waals surface area contributed by atoms with E-state index in [9.17, 15) is 0 Å². The summed E-state index contributed by atoms with van der Waals surface area (Å²) in [5.41, 5.74) is 2.43. The van der Waals surface area contributed by atoms with Crippen molar-refractivity contribution in [3.63, 3.8) is 0 Å². The van der Waals surface area contributed by atoms with Crippen molar-refractivity contribution < 1.29 is 0 Å². The fraction of sp³-hybridized carbons (Fsp3) is 0.250. The fourth-order valence-electron chi connectivity index (χ4n) is 3.82. The Kier molecular flexibility index (Phi) is 7.17. The first-order chi connectivity index (χ1) is 14.5. The zero-order valence-electron chi connectivity index (χ0n) is 16.7. The highest BCUT2D eigenvalue weighted by atomic mass is 35.5. The summed E-state index contributed by atoms with van der Waals surface area (Å²) in [6, 6.07) is 22.5. The molecule has 0 amide bonds. The highest BCUT2D eigenvalue weighted by molar-refractivity contribution is 7.99. The van der Waals surface area contributed by atoms with Crippen molar-refractivity contribution in [2.75, 3.05) is 31.1 Å². The second-order valence-corrected chi connectivity index (χ2v) is 9.76. The number of hydrogen-bond donors (Lipinski definition) is 0. The molecule has 1 heterocycles. The van der Waals surface area contributed by atoms with Gasteiger partial charge in [0.2, 0.25) is 0 Å². The van der Waals surface area contributed by atoms with Gasteiger partial charge in [0, 0.05) is 57.7 Å². The number of benzene rings is 3. The summed E-state index contributed by atoms with van der Waals surface area (Å²) in [5.74, 6) is 0. The highest BCUT2D eigenvalue weighted by Gasteiger charge is 2.24. The quantitative estimate of drug-likeness (QED) is 0.372. The van der Waals surface area contributed by atoms with E-state index < -0.39 is 0 Å². The summed E-state index contributed by atoms with van der Waals surface area (Å²) in [4.78, 5) is 7.16. The van der Waals surface area contributed by atoms with Crippen LogP contribution < -0.4 is 4.90 Å². The number of nitrogens with zero attached hydrogens (tertiary/aromatic N) is 2. The second kappa shape index (κ2) is 9.84. The highest BCUT2D eigenvalue weighted by Crippen LogP contribution is 2.39. The van der Waals surface area contributed by atoms with Crippen molar-refractivity contribution in [2.45, 2.75) is 22.8 Å². The van der Waals surface area contributed by atoms with Crippen molar-refractivity contribution in [3.8, 4) is 0 Å². The van der Waals surface area contributed by atoms with Crippen molar-refractivity contribution in [3.05, 3.63) is 87.4 Å². The predicted octanol–water partition coefficient (Wildman–Crippen LogP) is 7.68. The molecule has 1 saturated heterocycles. The third kappa shape index (κ3) is 5.09. The van der Waals surface area contributed by atoms with E-state index in [1.807, 2.05) is 42.5 Å². The Morgan fingerprint density at radius 2 is 1.50 bits per heavy atom. The largest absolute Gasteiger partial charge is 0.369 e. The van der Waals surface area contributed by atoms with Gasteiger partial charge < -0.3 is 4.90 Å². The Balaban J connectivity index is 1.50. The van der Waals surface area contributed by atoms with Gasteiger partial charge in [0.15, 0.2) is 0 Å². The lowest BCUT2D eigenvalue weighted by Crippen LogP contribution is -2.47. The van der Waals surface area contributed by atoms with Gasteiger partial charge in [-0.1, -0.05) is 64.8 Å². The summed E-state index contributed by atoms with van der Waals surface area (Å²) in [7, 11) is 0. The van der Waals surface area contributed by atoms with E-state index in [1.165, 1.54) is 16.1 Å². The molecular formula is C24H23Cl3N2S. The van der Waals surface area contributed by atoms with Crippen molar-refractivity contribution in [2.24, 2.45) is 0 Å². The lowest BCUT2D eigenvalue weighted by molar-refractivity contribution is 0.196. The van der Waals surface area contributed by atoms with Crippen LogP contribution in [-0.2, 0) is 0 Å². The van der Waals surface area contributed by atoms with Gasteiger partial charge in [-0.05, 0) is 61.0 Å². The maximum absolute atomic E-state index is 6.40. The van der Waals surface area contributed by atoms with Crippen LogP contribution in [0.15, 0.2) is 76.5 Å². The van der Waals surface area contributed by atoms with Crippen LogP contribution in [0.1, 0.15) is 18.5 Å². The molecule has 0 bridgehead atoms. The molecule has 1 aliphatic heterocycles. The molecule has 1 unspecified atom stereocenters. The number of rotatable bonds is 5. The molecule has 1 atom stereocenters. The minimum atomic E-state index is 0.259. The minimum absolute atomic E-state index is 0.259. The van der Waals surface area contributed by atoms with Gasteiger partial charge in [-0.3, -0.25) is 4.90 Å². The Morgan fingerprint density at radius 3 is 2.23 bits per heavy atom.